The molecule has 0 unspecified atom stereocenters. The fraction of sp³-hybridized carbons (Fsp3) is 0.200. The van der Waals surface area contributed by atoms with E-state index in [9.17, 15) is 0 Å². The van der Waals surface area contributed by atoms with E-state index in [1.54, 1.807) is 0 Å². The molecule has 0 bridgehead atoms. The van der Waals surface area contributed by atoms with E-state index < -0.39 is 0 Å². The molecule has 0 saturated heterocycles. The molecule has 0 amide bonds. The van der Waals surface area contributed by atoms with Gasteiger partial charge in [-0.1, -0.05) is 48.2 Å². The van der Waals surface area contributed by atoms with Gasteiger partial charge in [0.15, 0.2) is 0 Å². The summed E-state index contributed by atoms with van der Waals surface area (Å²) in [6.07, 6.45) is 0. The van der Waals surface area contributed by atoms with Crippen LogP contribution in [-0.2, 0) is 0 Å². The second kappa shape index (κ2) is 6.14. The fourth-order valence-corrected chi connectivity index (χ4v) is 2.21. The van der Waals surface area contributed by atoms with Crippen LogP contribution in [0.1, 0.15) is 33.4 Å². The fourth-order valence-electron chi connectivity index (χ4n) is 2.21. The van der Waals surface area contributed by atoms with Gasteiger partial charge in [-0.3, -0.25) is 0 Å². The second-order valence-electron chi connectivity index (χ2n) is 5.03. The van der Waals surface area contributed by atoms with Crippen LogP contribution in [0.3, 0.4) is 0 Å². The van der Waals surface area contributed by atoms with E-state index in [0.717, 1.165) is 11.1 Å². The van der Waals surface area contributed by atoms with Crippen LogP contribution in [0.2, 0.25) is 0 Å². The maximum atomic E-state index is 3.17. The zero-order valence-corrected chi connectivity index (χ0v) is 12.5. The minimum atomic E-state index is 1.09. The highest BCUT2D eigenvalue weighted by Gasteiger charge is 1.97. The summed E-state index contributed by atoms with van der Waals surface area (Å²) in [4.78, 5) is 0. The lowest BCUT2D eigenvalue weighted by Crippen LogP contribution is -1.87. The minimum Gasteiger partial charge on any atom is -0.0617 e. The molecule has 0 spiro atoms. The smallest absolute Gasteiger partial charge is 0.0313 e. The third kappa shape index (κ3) is 3.11. The Morgan fingerprint density at radius 2 is 0.850 bits per heavy atom. The van der Waals surface area contributed by atoms with Crippen LogP contribution in [0.5, 0.6) is 0 Å². The second-order valence-corrected chi connectivity index (χ2v) is 5.03. The number of hydrogen-bond acceptors (Lipinski definition) is 0. The highest BCUT2D eigenvalue weighted by atomic mass is 14.0. The topological polar surface area (TPSA) is 0 Å². The largest absolute Gasteiger partial charge is 0.0617 e. The van der Waals surface area contributed by atoms with Crippen molar-refractivity contribution in [2.45, 2.75) is 27.7 Å². The average molecular weight is 258 g/mol. The van der Waals surface area contributed by atoms with Gasteiger partial charge < -0.3 is 0 Å². The molecule has 0 saturated carbocycles. The number of aryl methyl sites for hydroxylation is 4. The highest BCUT2D eigenvalue weighted by Crippen LogP contribution is 2.12. The van der Waals surface area contributed by atoms with Crippen molar-refractivity contribution in [1.29, 1.82) is 0 Å². The lowest BCUT2D eigenvalue weighted by molar-refractivity contribution is 1.35. The summed E-state index contributed by atoms with van der Waals surface area (Å²) in [7, 11) is 0. The first-order chi connectivity index (χ1) is 9.59. The predicted molar refractivity (Wildman–Crippen MR) is 85.6 cm³/mol. The molecular formula is C20H18. The van der Waals surface area contributed by atoms with Gasteiger partial charge in [-0.2, -0.15) is 0 Å². The van der Waals surface area contributed by atoms with Crippen LogP contribution in [0.15, 0.2) is 36.4 Å². The molecule has 0 radical (unpaired) electrons. The summed E-state index contributed by atoms with van der Waals surface area (Å²) in [5, 5.41) is 0. The molecule has 0 aliphatic carbocycles. The highest BCUT2D eigenvalue weighted by molar-refractivity contribution is 5.52. The molecule has 0 aliphatic heterocycles. The van der Waals surface area contributed by atoms with Crippen LogP contribution >= 0.6 is 0 Å². The van der Waals surface area contributed by atoms with E-state index in [4.69, 9.17) is 0 Å². The van der Waals surface area contributed by atoms with E-state index >= 15 is 0 Å². The maximum absolute atomic E-state index is 3.17. The SMILES string of the molecule is Cc1cccc(C)c1C#CC#Cc1c(C)cccc1C. The Hall–Kier alpha value is -2.44. The monoisotopic (exact) mass is 258 g/mol. The van der Waals surface area contributed by atoms with E-state index in [1.807, 2.05) is 0 Å². The molecule has 0 heterocycles. The molecule has 0 nitrogen and oxygen atoms in total. The number of benzene rings is 2. The Labute approximate surface area is 121 Å². The summed E-state index contributed by atoms with van der Waals surface area (Å²) in [5.74, 6) is 12.3. The van der Waals surface area contributed by atoms with Crippen molar-refractivity contribution in [2.24, 2.45) is 0 Å². The molecule has 0 aliphatic rings. The summed E-state index contributed by atoms with van der Waals surface area (Å²) in [6, 6.07) is 12.4. The zero-order valence-electron chi connectivity index (χ0n) is 12.5. The van der Waals surface area contributed by atoms with Crippen molar-refractivity contribution < 1.29 is 0 Å². The molecule has 98 valence electrons. The molecule has 0 fully saturated rings. The first-order valence-electron chi connectivity index (χ1n) is 6.74. The van der Waals surface area contributed by atoms with E-state index in [2.05, 4.69) is 87.8 Å². The summed E-state index contributed by atoms with van der Waals surface area (Å²) in [5.41, 5.74) is 6.97. The molecule has 20 heavy (non-hydrogen) atoms. The summed E-state index contributed by atoms with van der Waals surface area (Å²) in [6.45, 7) is 8.32. The van der Waals surface area contributed by atoms with Crippen molar-refractivity contribution in [3.8, 4) is 23.7 Å². The summed E-state index contributed by atoms with van der Waals surface area (Å²) >= 11 is 0. The Kier molecular flexibility index (Phi) is 4.29. The third-order valence-electron chi connectivity index (χ3n) is 3.40. The lowest BCUT2D eigenvalue weighted by atomic mass is 10.0. The quantitative estimate of drug-likeness (QED) is 0.617. The first kappa shape index (κ1) is 14.0. The van der Waals surface area contributed by atoms with Gasteiger partial charge in [0, 0.05) is 11.1 Å². The van der Waals surface area contributed by atoms with Gasteiger partial charge in [-0.15, -0.1) is 0 Å². The molecule has 0 heteroatoms. The van der Waals surface area contributed by atoms with E-state index in [1.165, 1.54) is 22.3 Å². The standard InChI is InChI=1S/C20H18/c1-15-9-7-10-16(2)19(15)13-5-6-14-20-17(3)11-8-12-18(20)4/h7-12H,1-4H3. The van der Waals surface area contributed by atoms with Crippen molar-refractivity contribution >= 4 is 0 Å². The molecular weight excluding hydrogens is 240 g/mol. The van der Waals surface area contributed by atoms with Gasteiger partial charge in [0.25, 0.3) is 0 Å². The van der Waals surface area contributed by atoms with Crippen molar-refractivity contribution in [3.05, 3.63) is 69.8 Å². The average Bonchev–Trinajstić information content (AvgIpc) is 2.40. The number of hydrogen-bond donors (Lipinski definition) is 0. The lowest BCUT2D eigenvalue weighted by Gasteiger charge is -2.01. The summed E-state index contributed by atoms with van der Waals surface area (Å²) < 4.78 is 0. The Bertz CT molecular complexity index is 648. The van der Waals surface area contributed by atoms with Gasteiger partial charge in [-0.25, -0.2) is 0 Å². The van der Waals surface area contributed by atoms with Crippen LogP contribution in [0.25, 0.3) is 0 Å². The Balaban J connectivity index is 2.32. The van der Waals surface area contributed by atoms with Gasteiger partial charge in [0.2, 0.25) is 0 Å². The molecule has 0 N–H and O–H groups in total. The van der Waals surface area contributed by atoms with Gasteiger partial charge >= 0.3 is 0 Å². The van der Waals surface area contributed by atoms with E-state index in [0.29, 0.717) is 0 Å². The molecule has 0 atom stereocenters. The minimum absolute atomic E-state index is 1.09. The molecule has 2 aromatic carbocycles. The Morgan fingerprint density at radius 1 is 0.550 bits per heavy atom. The molecule has 2 aromatic rings. The van der Waals surface area contributed by atoms with Crippen LogP contribution in [-0.4, -0.2) is 0 Å². The van der Waals surface area contributed by atoms with Gasteiger partial charge in [0.05, 0.1) is 0 Å². The van der Waals surface area contributed by atoms with Gasteiger partial charge in [0.1, 0.15) is 0 Å². The number of rotatable bonds is 0. The van der Waals surface area contributed by atoms with Gasteiger partial charge in [-0.05, 0) is 61.8 Å². The van der Waals surface area contributed by atoms with Crippen molar-refractivity contribution in [1.82, 2.24) is 0 Å². The van der Waals surface area contributed by atoms with Crippen molar-refractivity contribution in [3.63, 3.8) is 0 Å². The maximum Gasteiger partial charge on any atom is 0.0313 e. The normalized spacial score (nSPS) is 9.20. The van der Waals surface area contributed by atoms with Crippen LogP contribution < -0.4 is 0 Å². The van der Waals surface area contributed by atoms with Crippen LogP contribution in [0.4, 0.5) is 0 Å². The zero-order chi connectivity index (χ0) is 14.5. The molecule has 2 rings (SSSR count). The molecule has 0 aromatic heterocycles. The van der Waals surface area contributed by atoms with E-state index in [-0.39, 0.29) is 0 Å². The predicted octanol–water partition coefficient (Wildman–Crippen LogP) is 4.32. The Morgan fingerprint density at radius 3 is 1.15 bits per heavy atom. The van der Waals surface area contributed by atoms with Crippen LogP contribution in [0, 0.1) is 51.4 Å². The third-order valence-corrected chi connectivity index (χ3v) is 3.40. The van der Waals surface area contributed by atoms with Crippen molar-refractivity contribution in [2.75, 3.05) is 0 Å². The first-order valence-corrected chi connectivity index (χ1v) is 6.74.